The summed E-state index contributed by atoms with van der Waals surface area (Å²) >= 11 is 0. The summed E-state index contributed by atoms with van der Waals surface area (Å²) in [5.41, 5.74) is 6.92. The van der Waals surface area contributed by atoms with E-state index in [0.717, 1.165) is 167 Å². The molecule has 12 aliphatic rings. The summed E-state index contributed by atoms with van der Waals surface area (Å²) < 4.78 is 58.1. The maximum Gasteiger partial charge on any atom is 0.332 e. The van der Waals surface area contributed by atoms with E-state index in [1.165, 1.54) is 25.7 Å². The van der Waals surface area contributed by atoms with Gasteiger partial charge in [-0.25, -0.2) is 9.59 Å². The normalized spacial score (nSPS) is 26.8. The van der Waals surface area contributed by atoms with Gasteiger partial charge in [0.05, 0.1) is 74.9 Å². The lowest BCUT2D eigenvalue weighted by Gasteiger charge is -2.51. The van der Waals surface area contributed by atoms with Gasteiger partial charge in [-0.3, -0.25) is 39.5 Å². The second kappa shape index (κ2) is 39.1. The molecule has 4 aromatic carbocycles. The van der Waals surface area contributed by atoms with Crippen LogP contribution >= 0.6 is 0 Å². The number of carbonyl (C=O) groups is 2. The molecule has 0 saturated carbocycles. The van der Waals surface area contributed by atoms with Crippen molar-refractivity contribution in [2.45, 2.75) is 153 Å². The standard InChI is InChI=1S/2C26H34N2O4.2C23H26N2O2/c2*1-6-17-15-28-12-10-18(17)13-23(28)25(31-16-24(29)32-26(2,3)4)20-9-11-27-22-8-7-19(30-5)14-21(20)22;2*1-4-12-27-23(22-13-17-9-11-25(22)15-16(17)5-2)19-8-10-24-21-7-6-18(26-3)14-20(19)21/h2*6-9,11,14,17-18,23,25H,1,10,12-13,15-16H2,2-5H3;2*1,5-8,10,14,16-17,22-23H,2,9,11-13,15H2,3H3/t2*17?,18?,23?,25-;2*16?,17?,22?,23-/m1010/s1. The summed E-state index contributed by atoms with van der Waals surface area (Å²) in [5.74, 6) is 12.5. The lowest BCUT2D eigenvalue weighted by molar-refractivity contribution is -0.166. The highest BCUT2D eigenvalue weighted by atomic mass is 16.6. The van der Waals surface area contributed by atoms with Gasteiger partial charge in [0.2, 0.25) is 0 Å². The number of terminal acetylenes is 2. The minimum Gasteiger partial charge on any atom is -0.497 e. The number of aromatic nitrogens is 4. The van der Waals surface area contributed by atoms with Crippen LogP contribution in [-0.2, 0) is 38.0 Å². The largest absolute Gasteiger partial charge is 0.497 e. The number of hydrogen-bond acceptors (Lipinski definition) is 20. The summed E-state index contributed by atoms with van der Waals surface area (Å²) in [6.07, 6.45) is 35.2. The maximum atomic E-state index is 12.5. The monoisotopic (exact) mass is 1600 g/mol. The third-order valence-corrected chi connectivity index (χ3v) is 25.5. The van der Waals surface area contributed by atoms with E-state index in [9.17, 15) is 9.59 Å². The number of ether oxygens (including phenoxy) is 10. The van der Waals surface area contributed by atoms with E-state index in [1.54, 1.807) is 28.4 Å². The van der Waals surface area contributed by atoms with Crippen molar-refractivity contribution in [2.75, 3.05) is 107 Å². The van der Waals surface area contributed by atoms with E-state index >= 15 is 0 Å². The van der Waals surface area contributed by atoms with Crippen LogP contribution in [0.2, 0.25) is 0 Å². The van der Waals surface area contributed by atoms with Crippen LogP contribution in [0, 0.1) is 72.0 Å². The summed E-state index contributed by atoms with van der Waals surface area (Å²) in [6.45, 7) is 36.2. The van der Waals surface area contributed by atoms with E-state index in [2.05, 4.69) is 114 Å². The second-order valence-electron chi connectivity index (χ2n) is 34.6. The van der Waals surface area contributed by atoms with Crippen molar-refractivity contribution in [1.29, 1.82) is 0 Å². The quantitative estimate of drug-likeness (QED) is 0.0282. The Morgan fingerprint density at radius 3 is 0.856 bits per heavy atom. The SMILES string of the molecule is C#CCO[C@@H](c1ccnc2ccc(OC)cc12)C1CC2CCN1CC2C=C.C#CCO[C@H](c1ccnc2ccc(OC)cc12)C1CC2CCN1CC2C=C.C=CC1CN2CCC1CC2[C@@H](OCC(=O)OC(C)(C)C)c1ccnc2ccc(OC)cc12.C=CC1CN2CCC1CC2[C@H](OCC(=O)OC(C)(C)C)c1ccnc2ccc(OC)cc12. The summed E-state index contributed by atoms with van der Waals surface area (Å²) in [4.78, 5) is 53.2. The van der Waals surface area contributed by atoms with Gasteiger partial charge in [0, 0.05) is 96.7 Å². The number of fused-ring (bicyclic) bond motifs is 16. The number of rotatable bonds is 26. The fourth-order valence-electron chi connectivity index (χ4n) is 19.8. The lowest BCUT2D eigenvalue weighted by Crippen LogP contribution is -2.55. The molecular weight excluding hydrogens is 1480 g/mol. The van der Waals surface area contributed by atoms with Gasteiger partial charge in [-0.1, -0.05) is 36.1 Å². The predicted octanol–water partition coefficient (Wildman–Crippen LogP) is 16.7. The van der Waals surface area contributed by atoms with Crippen LogP contribution in [0.3, 0.4) is 0 Å². The van der Waals surface area contributed by atoms with Crippen LogP contribution in [0.4, 0.5) is 0 Å². The van der Waals surface area contributed by atoms with Crippen molar-refractivity contribution in [3.63, 3.8) is 0 Å². The fourth-order valence-corrected chi connectivity index (χ4v) is 19.8. The Bertz CT molecular complexity index is 4620. The Morgan fingerprint density at radius 2 is 0.653 bits per heavy atom. The Labute approximate surface area is 698 Å². The van der Waals surface area contributed by atoms with Gasteiger partial charge in [-0.15, -0.1) is 39.2 Å². The number of pyridine rings is 4. The summed E-state index contributed by atoms with van der Waals surface area (Å²) in [5, 5.41) is 4.12. The van der Waals surface area contributed by atoms with Crippen LogP contribution in [0.5, 0.6) is 23.0 Å². The van der Waals surface area contributed by atoms with Crippen LogP contribution in [0.25, 0.3) is 43.6 Å². The van der Waals surface area contributed by atoms with Crippen LogP contribution in [0.1, 0.15) is 140 Å². The van der Waals surface area contributed by atoms with Gasteiger partial charge < -0.3 is 47.4 Å². The highest BCUT2D eigenvalue weighted by Crippen LogP contribution is 2.49. The first-order chi connectivity index (χ1) is 57.1. The molecule has 16 unspecified atom stereocenters. The zero-order valence-corrected chi connectivity index (χ0v) is 70.7. The molecule has 4 aromatic heterocycles. The number of carbonyl (C=O) groups excluding carboxylic acids is 2. The van der Waals surface area contributed by atoms with E-state index in [4.69, 9.17) is 60.2 Å². The Balaban J connectivity index is 0.000000137. The van der Waals surface area contributed by atoms with E-state index in [0.29, 0.717) is 72.6 Å². The minimum absolute atomic E-state index is 0.0766. The molecule has 20 atom stereocenters. The molecule has 12 saturated heterocycles. The van der Waals surface area contributed by atoms with Crippen molar-refractivity contribution >= 4 is 55.6 Å². The van der Waals surface area contributed by atoms with Crippen molar-refractivity contribution in [2.24, 2.45) is 47.3 Å². The molecule has 0 amide bonds. The third kappa shape index (κ3) is 20.1. The first-order valence-corrected chi connectivity index (χ1v) is 42.0. The maximum absolute atomic E-state index is 12.5. The average molecular weight is 1600 g/mol. The van der Waals surface area contributed by atoms with Crippen molar-refractivity contribution in [3.8, 4) is 47.7 Å². The molecule has 16 heterocycles. The van der Waals surface area contributed by atoms with Gasteiger partial charge in [0.1, 0.15) is 60.6 Å². The highest BCUT2D eigenvalue weighted by Gasteiger charge is 2.48. The molecule has 118 heavy (non-hydrogen) atoms. The fraction of sp³-hybridized carbons (Fsp3) is 0.490. The molecule has 8 bridgehead atoms. The third-order valence-electron chi connectivity index (χ3n) is 25.5. The van der Waals surface area contributed by atoms with Gasteiger partial charge >= 0.3 is 11.9 Å². The number of piperidine rings is 12. The molecule has 0 N–H and O–H groups in total. The van der Waals surface area contributed by atoms with Crippen molar-refractivity contribution in [3.05, 3.63) is 195 Å². The van der Waals surface area contributed by atoms with Gasteiger partial charge in [-0.05, 0) is 286 Å². The topological polar surface area (TPSA) is 191 Å². The molecule has 0 radical (unpaired) electrons. The molecular formula is C98H120N8O12. The molecule has 0 aliphatic carbocycles. The summed E-state index contributed by atoms with van der Waals surface area (Å²) in [6, 6.07) is 32.9. The molecule has 20 heteroatoms. The Morgan fingerprint density at radius 1 is 0.407 bits per heavy atom. The Hall–Kier alpha value is -9.58. The number of hydrogen-bond donors (Lipinski definition) is 0. The number of methoxy groups -OCH3 is 4. The first kappa shape index (κ1) is 86.3. The molecule has 12 aliphatic heterocycles. The van der Waals surface area contributed by atoms with Crippen molar-refractivity contribution in [1.82, 2.24) is 39.5 Å². The van der Waals surface area contributed by atoms with E-state index < -0.39 is 11.2 Å². The zero-order chi connectivity index (χ0) is 83.4. The Kier molecular flexibility index (Phi) is 28.6. The molecule has 20 rings (SSSR count). The van der Waals surface area contributed by atoms with Crippen molar-refractivity contribution < 1.29 is 57.0 Å². The number of nitrogens with zero attached hydrogens (tertiary/aromatic N) is 8. The van der Waals surface area contributed by atoms with Crippen LogP contribution in [-0.4, -0.2) is 194 Å². The van der Waals surface area contributed by atoms with Gasteiger partial charge in [0.15, 0.2) is 0 Å². The zero-order valence-electron chi connectivity index (χ0n) is 70.7. The van der Waals surface area contributed by atoms with Crippen LogP contribution in [0.15, 0.2) is 172 Å². The van der Waals surface area contributed by atoms with E-state index in [1.807, 2.05) is 151 Å². The molecule has 0 spiro atoms. The molecule has 12 fully saturated rings. The predicted molar refractivity (Wildman–Crippen MR) is 464 cm³/mol. The minimum atomic E-state index is -0.544. The second-order valence-corrected chi connectivity index (χ2v) is 34.6. The lowest BCUT2D eigenvalue weighted by atomic mass is 9.73. The highest BCUT2D eigenvalue weighted by molar-refractivity contribution is 5.87. The molecule has 624 valence electrons. The number of esters is 2. The van der Waals surface area contributed by atoms with Gasteiger partial charge in [-0.2, -0.15) is 0 Å². The first-order valence-electron chi connectivity index (χ1n) is 42.0. The van der Waals surface area contributed by atoms with Gasteiger partial charge in [0.25, 0.3) is 0 Å². The summed E-state index contributed by atoms with van der Waals surface area (Å²) in [7, 11) is 6.69. The number of benzene rings is 4. The van der Waals surface area contributed by atoms with E-state index in [-0.39, 0.29) is 61.7 Å². The molecule has 8 aromatic rings. The smallest absolute Gasteiger partial charge is 0.332 e. The average Bonchev–Trinajstić information content (AvgIpc) is 0.775. The van der Waals surface area contributed by atoms with Crippen LogP contribution < -0.4 is 18.9 Å². The molecule has 20 nitrogen and oxygen atoms in total.